The molecule has 0 amide bonds. The van der Waals surface area contributed by atoms with Gasteiger partial charge < -0.3 is 19.7 Å². The summed E-state index contributed by atoms with van der Waals surface area (Å²) in [5, 5.41) is 20.3. The van der Waals surface area contributed by atoms with E-state index >= 15 is 0 Å². The number of piperidine rings is 1. The van der Waals surface area contributed by atoms with Crippen molar-refractivity contribution in [2.45, 2.75) is 44.8 Å². The molecule has 2 N–H and O–H groups in total. The molecule has 1 aromatic heterocycles. The van der Waals surface area contributed by atoms with Crippen molar-refractivity contribution in [3.8, 4) is 6.07 Å². The number of aliphatic hydroxyl groups is 1. The molecular formula is C20H24FN3O3. The summed E-state index contributed by atoms with van der Waals surface area (Å²) in [4.78, 5) is 16.8. The van der Waals surface area contributed by atoms with E-state index < -0.39 is 17.0 Å². The fourth-order valence-corrected chi connectivity index (χ4v) is 3.53. The van der Waals surface area contributed by atoms with Crippen LogP contribution in [-0.2, 0) is 10.3 Å². The molecule has 7 heteroatoms. The van der Waals surface area contributed by atoms with Gasteiger partial charge >= 0.3 is 0 Å². The third-order valence-corrected chi connectivity index (χ3v) is 5.50. The van der Waals surface area contributed by atoms with Crippen LogP contribution in [0.25, 0.3) is 10.9 Å². The Morgan fingerprint density at radius 2 is 2.00 bits per heavy atom. The molecule has 27 heavy (non-hydrogen) atoms. The lowest BCUT2D eigenvalue weighted by Crippen LogP contribution is -2.44. The largest absolute Gasteiger partial charge is 0.386 e. The number of aromatic nitrogens is 1. The Kier molecular flexibility index (Phi) is 4.74. The maximum Gasteiger partial charge on any atom is 0.268 e. The third-order valence-electron chi connectivity index (χ3n) is 5.50. The number of nitrogens with one attached hydrogen (secondary N) is 1. The average Bonchev–Trinajstić information content (AvgIpc) is 2.61. The minimum absolute atomic E-state index is 0.0436. The van der Waals surface area contributed by atoms with Crippen LogP contribution in [0.2, 0.25) is 0 Å². The summed E-state index contributed by atoms with van der Waals surface area (Å²) < 4.78 is 20.3. The molecule has 1 fully saturated rings. The summed E-state index contributed by atoms with van der Waals surface area (Å²) in [5.74, 6) is -0.633. The van der Waals surface area contributed by atoms with Gasteiger partial charge in [0, 0.05) is 25.6 Å². The lowest BCUT2D eigenvalue weighted by molar-refractivity contribution is -0.0132. The van der Waals surface area contributed by atoms with Crippen LogP contribution < -0.4 is 10.5 Å². The number of benzene rings is 1. The van der Waals surface area contributed by atoms with Crippen LogP contribution in [0.3, 0.4) is 0 Å². The van der Waals surface area contributed by atoms with Crippen molar-refractivity contribution in [2.24, 2.45) is 0 Å². The van der Waals surface area contributed by atoms with Gasteiger partial charge in [0.2, 0.25) is 0 Å². The topological polar surface area (TPSA) is 89.4 Å². The number of pyridine rings is 1. The molecule has 0 aliphatic carbocycles. The second-order valence-corrected chi connectivity index (χ2v) is 7.87. The van der Waals surface area contributed by atoms with Gasteiger partial charge in [-0.15, -0.1) is 0 Å². The van der Waals surface area contributed by atoms with E-state index in [0.29, 0.717) is 29.7 Å². The summed E-state index contributed by atoms with van der Waals surface area (Å²) in [6.45, 7) is 6.31. The van der Waals surface area contributed by atoms with Crippen LogP contribution in [0.5, 0.6) is 0 Å². The van der Waals surface area contributed by atoms with Gasteiger partial charge in [0.05, 0.1) is 22.4 Å². The van der Waals surface area contributed by atoms with Gasteiger partial charge in [-0.3, -0.25) is 4.79 Å². The van der Waals surface area contributed by atoms with Crippen LogP contribution in [0, 0.1) is 17.1 Å². The number of anilines is 1. The van der Waals surface area contributed by atoms with Crippen LogP contribution in [0.15, 0.2) is 16.9 Å². The maximum absolute atomic E-state index is 14.7. The Hall–Kier alpha value is -2.43. The summed E-state index contributed by atoms with van der Waals surface area (Å²) >= 11 is 0. The van der Waals surface area contributed by atoms with Crippen molar-refractivity contribution in [1.82, 2.24) is 4.98 Å². The Bertz CT molecular complexity index is 977. The molecule has 1 aromatic carbocycles. The van der Waals surface area contributed by atoms with E-state index in [1.165, 1.54) is 6.07 Å². The highest BCUT2D eigenvalue weighted by molar-refractivity contribution is 5.95. The van der Waals surface area contributed by atoms with E-state index in [2.05, 4.69) is 4.98 Å². The predicted molar refractivity (Wildman–Crippen MR) is 101 cm³/mol. The molecule has 0 bridgehead atoms. The van der Waals surface area contributed by atoms with E-state index in [9.17, 15) is 19.6 Å². The monoisotopic (exact) mass is 373 g/mol. The highest BCUT2D eigenvalue weighted by Gasteiger charge is 2.32. The standard InChI is InChI=1S/C20H24FN3O3/c1-19(2,26)12-9-13-16(15(21)10-12)23-18(25)14(11-22)17(13)24-7-5-20(3,27-4)6-8-24/h9-10,26H,5-8H2,1-4H3,(H,23,25). The smallest absolute Gasteiger partial charge is 0.268 e. The van der Waals surface area contributed by atoms with Crippen molar-refractivity contribution < 1.29 is 14.2 Å². The number of hydrogen-bond donors (Lipinski definition) is 2. The Morgan fingerprint density at radius 3 is 2.52 bits per heavy atom. The molecule has 0 atom stereocenters. The van der Waals surface area contributed by atoms with Crippen LogP contribution >= 0.6 is 0 Å². The summed E-state index contributed by atoms with van der Waals surface area (Å²) in [7, 11) is 1.67. The molecule has 0 saturated carbocycles. The number of halogens is 1. The molecular weight excluding hydrogens is 349 g/mol. The number of methoxy groups -OCH3 is 1. The quantitative estimate of drug-likeness (QED) is 0.864. The number of nitrogens with zero attached hydrogens (tertiary/aromatic N) is 2. The molecule has 6 nitrogen and oxygen atoms in total. The fraction of sp³-hybridized carbons (Fsp3) is 0.500. The molecule has 1 aliphatic rings. The number of aromatic amines is 1. The van der Waals surface area contributed by atoms with E-state index in [1.54, 1.807) is 27.0 Å². The number of nitriles is 1. The lowest BCUT2D eigenvalue weighted by Gasteiger charge is -2.40. The zero-order valence-electron chi connectivity index (χ0n) is 16.0. The second-order valence-electron chi connectivity index (χ2n) is 7.87. The molecule has 144 valence electrons. The molecule has 0 spiro atoms. The van der Waals surface area contributed by atoms with E-state index in [4.69, 9.17) is 4.74 Å². The van der Waals surface area contributed by atoms with Gasteiger partial charge in [0.15, 0.2) is 0 Å². The van der Waals surface area contributed by atoms with Crippen molar-refractivity contribution >= 4 is 16.6 Å². The molecule has 0 unspecified atom stereocenters. The number of fused-ring (bicyclic) bond motifs is 1. The second kappa shape index (κ2) is 6.63. The number of hydrogen-bond acceptors (Lipinski definition) is 5. The van der Waals surface area contributed by atoms with Gasteiger partial charge in [-0.05, 0) is 51.3 Å². The normalized spacial score (nSPS) is 17.1. The first-order chi connectivity index (χ1) is 12.6. The van der Waals surface area contributed by atoms with E-state index in [-0.39, 0.29) is 16.7 Å². The predicted octanol–water partition coefficient (Wildman–Crippen LogP) is 2.77. The third kappa shape index (κ3) is 3.43. The van der Waals surface area contributed by atoms with E-state index in [1.807, 2.05) is 17.9 Å². The SMILES string of the molecule is COC1(C)CCN(c2c(C#N)c(=O)[nH]c3c(F)cc(C(C)(C)O)cc23)CC1. The van der Waals surface area contributed by atoms with Gasteiger partial charge in [0.25, 0.3) is 5.56 Å². The van der Waals surface area contributed by atoms with Crippen molar-refractivity contribution in [1.29, 1.82) is 5.26 Å². The Morgan fingerprint density at radius 1 is 1.37 bits per heavy atom. The average molecular weight is 373 g/mol. The molecule has 2 heterocycles. The molecule has 3 rings (SSSR count). The maximum atomic E-state index is 14.7. The summed E-state index contributed by atoms with van der Waals surface area (Å²) in [6.07, 6.45) is 1.44. The minimum atomic E-state index is -1.26. The minimum Gasteiger partial charge on any atom is -0.386 e. The van der Waals surface area contributed by atoms with E-state index in [0.717, 1.165) is 12.8 Å². The Labute approximate surface area is 157 Å². The van der Waals surface area contributed by atoms with Crippen molar-refractivity contribution in [3.05, 3.63) is 39.4 Å². The van der Waals surface area contributed by atoms with Crippen LogP contribution in [-0.4, -0.2) is 35.9 Å². The van der Waals surface area contributed by atoms with Crippen LogP contribution in [0.4, 0.5) is 10.1 Å². The highest BCUT2D eigenvalue weighted by atomic mass is 19.1. The first-order valence-corrected chi connectivity index (χ1v) is 8.92. The summed E-state index contributed by atoms with van der Waals surface area (Å²) in [6, 6.07) is 4.83. The fourth-order valence-electron chi connectivity index (χ4n) is 3.53. The van der Waals surface area contributed by atoms with Gasteiger partial charge in [-0.2, -0.15) is 5.26 Å². The zero-order valence-corrected chi connectivity index (χ0v) is 16.0. The van der Waals surface area contributed by atoms with Crippen LogP contribution in [0.1, 0.15) is 44.7 Å². The molecule has 0 radical (unpaired) electrons. The van der Waals surface area contributed by atoms with Gasteiger partial charge in [-0.25, -0.2) is 4.39 Å². The first kappa shape index (κ1) is 19.3. The first-order valence-electron chi connectivity index (χ1n) is 8.92. The van der Waals surface area contributed by atoms with Gasteiger partial charge in [0.1, 0.15) is 17.4 Å². The Balaban J connectivity index is 2.25. The molecule has 2 aromatic rings. The molecule has 1 aliphatic heterocycles. The van der Waals surface area contributed by atoms with Crippen molar-refractivity contribution in [2.75, 3.05) is 25.1 Å². The highest BCUT2D eigenvalue weighted by Crippen LogP contribution is 2.36. The number of rotatable bonds is 3. The lowest BCUT2D eigenvalue weighted by atomic mass is 9.91. The molecule has 1 saturated heterocycles. The summed E-state index contributed by atoms with van der Waals surface area (Å²) in [5.41, 5.74) is -1.34. The van der Waals surface area contributed by atoms with Gasteiger partial charge in [-0.1, -0.05) is 0 Å². The number of H-pyrrole nitrogens is 1. The zero-order chi connectivity index (χ0) is 20.0. The number of ether oxygens (including phenoxy) is 1. The van der Waals surface area contributed by atoms with Crippen molar-refractivity contribution in [3.63, 3.8) is 0 Å².